The molecule has 0 saturated heterocycles. The van der Waals surface area contributed by atoms with Gasteiger partial charge in [0.25, 0.3) is 0 Å². The van der Waals surface area contributed by atoms with Gasteiger partial charge < -0.3 is 4.74 Å². The highest BCUT2D eigenvalue weighted by Crippen LogP contribution is 2.19. The summed E-state index contributed by atoms with van der Waals surface area (Å²) in [5, 5.41) is 0. The molecular weight excluding hydrogens is 368 g/mol. The molecular formula is C27H42N2O. The van der Waals surface area contributed by atoms with Gasteiger partial charge in [-0.15, -0.1) is 0 Å². The van der Waals surface area contributed by atoms with Gasteiger partial charge in [0.05, 0.1) is 19.0 Å². The first-order chi connectivity index (χ1) is 14.8. The highest BCUT2D eigenvalue weighted by Gasteiger charge is 2.03. The van der Waals surface area contributed by atoms with Crippen LogP contribution in [0.3, 0.4) is 0 Å². The Bertz CT molecular complexity index is 652. The van der Waals surface area contributed by atoms with Crippen LogP contribution in [0.5, 0.6) is 5.75 Å². The zero-order chi connectivity index (χ0) is 21.3. The number of aryl methyl sites for hydroxylation is 1. The van der Waals surface area contributed by atoms with Crippen LogP contribution in [-0.2, 0) is 6.42 Å². The molecule has 0 saturated carbocycles. The smallest absolute Gasteiger partial charge is 0.159 e. The van der Waals surface area contributed by atoms with E-state index in [9.17, 15) is 0 Å². The molecule has 1 aromatic carbocycles. The summed E-state index contributed by atoms with van der Waals surface area (Å²) < 4.78 is 5.82. The lowest BCUT2D eigenvalue weighted by molar-refractivity contribution is 0.302. The Balaban J connectivity index is 1.58. The zero-order valence-electron chi connectivity index (χ0n) is 19.4. The first kappa shape index (κ1) is 24.4. The Morgan fingerprint density at radius 2 is 1.17 bits per heavy atom. The van der Waals surface area contributed by atoms with E-state index in [1.54, 1.807) is 12.4 Å². The zero-order valence-corrected chi connectivity index (χ0v) is 19.4. The topological polar surface area (TPSA) is 35.0 Å². The van der Waals surface area contributed by atoms with Crippen LogP contribution < -0.4 is 4.74 Å². The minimum absolute atomic E-state index is 0.756. The number of hydrogen-bond acceptors (Lipinski definition) is 3. The van der Waals surface area contributed by atoms with Crippen LogP contribution in [0.25, 0.3) is 11.4 Å². The number of rotatable bonds is 17. The fourth-order valence-electron chi connectivity index (χ4n) is 3.72. The van der Waals surface area contributed by atoms with E-state index in [1.165, 1.54) is 82.6 Å². The standard InChI is InChI=1S/C27H42N2O/c1-3-5-7-8-9-10-11-12-13-15-21-30-26-22-28-27(29-23-26)25-19-17-24(18-20-25)16-14-6-4-2/h17-20,22-23H,3-16,21H2,1-2H3. The fourth-order valence-corrected chi connectivity index (χ4v) is 3.72. The van der Waals surface area contributed by atoms with Crippen LogP contribution >= 0.6 is 0 Å². The van der Waals surface area contributed by atoms with E-state index in [0.29, 0.717) is 0 Å². The van der Waals surface area contributed by atoms with Crippen molar-refractivity contribution in [2.24, 2.45) is 0 Å². The number of aromatic nitrogens is 2. The normalized spacial score (nSPS) is 11.0. The van der Waals surface area contributed by atoms with Crippen LogP contribution in [0.4, 0.5) is 0 Å². The predicted molar refractivity (Wildman–Crippen MR) is 128 cm³/mol. The van der Waals surface area contributed by atoms with Crippen LogP contribution in [0.15, 0.2) is 36.7 Å². The van der Waals surface area contributed by atoms with Crippen LogP contribution in [0.2, 0.25) is 0 Å². The maximum atomic E-state index is 5.82. The van der Waals surface area contributed by atoms with Gasteiger partial charge in [0.1, 0.15) is 0 Å². The van der Waals surface area contributed by atoms with Crippen LogP contribution in [0, 0.1) is 0 Å². The third kappa shape index (κ3) is 10.2. The minimum atomic E-state index is 0.756. The molecule has 3 nitrogen and oxygen atoms in total. The molecule has 0 atom stereocenters. The summed E-state index contributed by atoms with van der Waals surface area (Å²) in [6.45, 7) is 5.27. The van der Waals surface area contributed by atoms with Gasteiger partial charge in [0.2, 0.25) is 0 Å². The van der Waals surface area contributed by atoms with Gasteiger partial charge in [-0.1, -0.05) is 109 Å². The molecule has 0 unspecified atom stereocenters. The van der Waals surface area contributed by atoms with Crippen molar-refractivity contribution in [3.05, 3.63) is 42.2 Å². The molecule has 0 N–H and O–H groups in total. The average molecular weight is 411 g/mol. The van der Waals surface area contributed by atoms with Gasteiger partial charge >= 0.3 is 0 Å². The maximum Gasteiger partial charge on any atom is 0.159 e. The van der Waals surface area contributed by atoms with E-state index in [2.05, 4.69) is 48.1 Å². The second kappa shape index (κ2) is 15.9. The van der Waals surface area contributed by atoms with Crippen molar-refractivity contribution in [1.29, 1.82) is 0 Å². The van der Waals surface area contributed by atoms with Crippen molar-refractivity contribution in [2.75, 3.05) is 6.61 Å². The van der Waals surface area contributed by atoms with E-state index >= 15 is 0 Å². The summed E-state index contributed by atoms with van der Waals surface area (Å²) in [7, 11) is 0. The Labute approximate surface area is 184 Å². The largest absolute Gasteiger partial charge is 0.490 e. The molecule has 3 heteroatoms. The highest BCUT2D eigenvalue weighted by atomic mass is 16.5. The molecule has 0 aliphatic carbocycles. The van der Waals surface area contributed by atoms with Crippen molar-refractivity contribution in [3.8, 4) is 17.1 Å². The lowest BCUT2D eigenvalue weighted by atomic mass is 10.1. The Morgan fingerprint density at radius 1 is 0.633 bits per heavy atom. The fraction of sp³-hybridized carbons (Fsp3) is 0.630. The Hall–Kier alpha value is -1.90. The van der Waals surface area contributed by atoms with Crippen molar-refractivity contribution < 1.29 is 4.74 Å². The maximum absolute atomic E-state index is 5.82. The SMILES string of the molecule is CCCCCCCCCCCCOc1cnc(-c2ccc(CCCCC)cc2)nc1. The highest BCUT2D eigenvalue weighted by molar-refractivity contribution is 5.55. The van der Waals surface area contributed by atoms with Crippen LogP contribution in [-0.4, -0.2) is 16.6 Å². The average Bonchev–Trinajstić information content (AvgIpc) is 2.79. The summed E-state index contributed by atoms with van der Waals surface area (Å²) in [6, 6.07) is 8.65. The molecule has 0 amide bonds. The second-order valence-corrected chi connectivity index (χ2v) is 8.43. The van der Waals surface area contributed by atoms with Crippen molar-refractivity contribution in [1.82, 2.24) is 9.97 Å². The molecule has 0 radical (unpaired) electrons. The van der Waals surface area contributed by atoms with Gasteiger partial charge in [0, 0.05) is 5.56 Å². The summed E-state index contributed by atoms with van der Waals surface area (Å²) >= 11 is 0. The molecule has 1 aromatic heterocycles. The summed E-state index contributed by atoms with van der Waals surface area (Å²) in [5.74, 6) is 1.53. The summed E-state index contributed by atoms with van der Waals surface area (Å²) in [4.78, 5) is 8.98. The molecule has 30 heavy (non-hydrogen) atoms. The molecule has 2 rings (SSSR count). The van der Waals surface area contributed by atoms with Crippen molar-refractivity contribution in [2.45, 2.75) is 104 Å². The molecule has 0 bridgehead atoms. The molecule has 0 aliphatic rings. The third-order valence-electron chi connectivity index (χ3n) is 5.68. The van der Waals surface area contributed by atoms with Crippen LogP contribution in [0.1, 0.15) is 103 Å². The van der Waals surface area contributed by atoms with Crippen molar-refractivity contribution >= 4 is 0 Å². The minimum Gasteiger partial charge on any atom is -0.490 e. The Kier molecular flexibility index (Phi) is 12.9. The lowest BCUT2D eigenvalue weighted by Crippen LogP contribution is -1.99. The molecule has 0 aliphatic heterocycles. The van der Waals surface area contributed by atoms with Gasteiger partial charge in [-0.2, -0.15) is 0 Å². The quantitative estimate of drug-likeness (QED) is 0.247. The number of nitrogens with zero attached hydrogens (tertiary/aromatic N) is 2. The monoisotopic (exact) mass is 410 g/mol. The predicted octanol–water partition coefficient (Wildman–Crippen LogP) is 8.18. The van der Waals surface area contributed by atoms with Crippen molar-refractivity contribution in [3.63, 3.8) is 0 Å². The second-order valence-electron chi connectivity index (χ2n) is 8.43. The molecule has 0 fully saturated rings. The number of unbranched alkanes of at least 4 members (excludes halogenated alkanes) is 11. The summed E-state index contributed by atoms with van der Waals surface area (Å²) in [5.41, 5.74) is 2.46. The molecule has 166 valence electrons. The van der Waals surface area contributed by atoms with E-state index < -0.39 is 0 Å². The number of hydrogen-bond donors (Lipinski definition) is 0. The van der Waals surface area contributed by atoms with Gasteiger partial charge in [-0.05, 0) is 24.8 Å². The third-order valence-corrected chi connectivity index (χ3v) is 5.68. The molecule has 1 heterocycles. The summed E-state index contributed by atoms with van der Waals surface area (Å²) in [6.07, 6.45) is 22.0. The molecule has 0 spiro atoms. The number of benzene rings is 1. The van der Waals surface area contributed by atoms with Gasteiger partial charge in [0.15, 0.2) is 11.6 Å². The van der Waals surface area contributed by atoms with E-state index in [0.717, 1.165) is 36.6 Å². The van der Waals surface area contributed by atoms with Gasteiger partial charge in [-0.25, -0.2) is 9.97 Å². The number of ether oxygens (including phenoxy) is 1. The van der Waals surface area contributed by atoms with E-state index in [1.807, 2.05) is 0 Å². The Morgan fingerprint density at radius 3 is 1.77 bits per heavy atom. The first-order valence-electron chi connectivity index (χ1n) is 12.4. The van der Waals surface area contributed by atoms with Gasteiger partial charge in [-0.3, -0.25) is 0 Å². The first-order valence-corrected chi connectivity index (χ1v) is 12.4. The lowest BCUT2D eigenvalue weighted by Gasteiger charge is -2.07. The van der Waals surface area contributed by atoms with E-state index in [-0.39, 0.29) is 0 Å². The molecule has 2 aromatic rings. The van der Waals surface area contributed by atoms with E-state index in [4.69, 9.17) is 4.74 Å².